The van der Waals surface area contributed by atoms with Gasteiger partial charge in [0.15, 0.2) is 0 Å². The Morgan fingerprint density at radius 1 is 1.57 bits per heavy atom. The Morgan fingerprint density at radius 2 is 2.36 bits per heavy atom. The van der Waals surface area contributed by atoms with E-state index in [2.05, 4.69) is 5.32 Å². The molecule has 0 fully saturated rings. The summed E-state index contributed by atoms with van der Waals surface area (Å²) in [6.45, 7) is 0. The molecule has 1 heterocycles. The summed E-state index contributed by atoms with van der Waals surface area (Å²) >= 11 is 0. The van der Waals surface area contributed by atoms with Crippen LogP contribution in [0.3, 0.4) is 0 Å². The molecule has 1 N–H and O–H groups in total. The molecule has 0 spiro atoms. The summed E-state index contributed by atoms with van der Waals surface area (Å²) in [5.41, 5.74) is 1.35. The van der Waals surface area contributed by atoms with Crippen LogP contribution in [0, 0.1) is 10.1 Å². The molecule has 14 heavy (non-hydrogen) atoms. The van der Waals surface area contributed by atoms with Crippen LogP contribution in [0.25, 0.3) is 0 Å². The number of carbonyl (C=O) groups excluding carboxylic acids is 1. The van der Waals surface area contributed by atoms with Crippen LogP contribution in [0.5, 0.6) is 0 Å². The molecule has 0 saturated carbocycles. The Bertz CT molecular complexity index is 403. The largest absolute Gasteiger partial charge is 0.369 e. The number of fused-ring (bicyclic) bond motifs is 1. The number of hydrogen-bond donors (Lipinski definition) is 1. The van der Waals surface area contributed by atoms with E-state index in [-0.39, 0.29) is 11.7 Å². The van der Waals surface area contributed by atoms with Crippen LogP contribution < -0.4 is 5.32 Å². The van der Waals surface area contributed by atoms with Crippen molar-refractivity contribution in [3.63, 3.8) is 0 Å². The predicted octanol–water partition coefficient (Wildman–Crippen LogP) is 1.13. The van der Waals surface area contributed by atoms with Crippen molar-refractivity contribution >= 4 is 17.7 Å². The summed E-state index contributed by atoms with van der Waals surface area (Å²) in [6.07, 6.45) is 1.30. The first-order valence-electron chi connectivity index (χ1n) is 4.20. The molecule has 1 unspecified atom stereocenters. The highest BCUT2D eigenvalue weighted by atomic mass is 16.6. The van der Waals surface area contributed by atoms with Crippen molar-refractivity contribution in [1.29, 1.82) is 0 Å². The minimum absolute atomic E-state index is 0.0341. The average Bonchev–Trinajstić information content (AvgIpc) is 2.59. The number of hydrogen-bond acceptors (Lipinski definition) is 4. The second-order valence-electron chi connectivity index (χ2n) is 3.16. The Kier molecular flexibility index (Phi) is 1.92. The first-order valence-corrected chi connectivity index (χ1v) is 4.20. The molecule has 0 saturated heterocycles. The Hall–Kier alpha value is -1.91. The molecule has 0 radical (unpaired) electrons. The van der Waals surface area contributed by atoms with E-state index < -0.39 is 4.92 Å². The van der Waals surface area contributed by atoms with Crippen LogP contribution in [0.2, 0.25) is 0 Å². The van der Waals surface area contributed by atoms with Gasteiger partial charge in [0.2, 0.25) is 0 Å². The molecule has 2 rings (SSSR count). The van der Waals surface area contributed by atoms with Gasteiger partial charge in [0.05, 0.1) is 11.0 Å². The molecular formula is C9H8N2O3. The molecule has 72 valence electrons. The number of carbonyl (C=O) groups is 1. The van der Waals surface area contributed by atoms with Crippen LogP contribution >= 0.6 is 0 Å². The molecule has 1 atom stereocenters. The number of nitro groups is 1. The van der Waals surface area contributed by atoms with Gasteiger partial charge in [0, 0.05) is 12.5 Å². The maximum atomic E-state index is 10.6. The monoisotopic (exact) mass is 192 g/mol. The van der Waals surface area contributed by atoms with Gasteiger partial charge in [-0.05, 0) is 5.56 Å². The Labute approximate surface area is 79.9 Å². The molecule has 1 aromatic rings. The van der Waals surface area contributed by atoms with E-state index in [1.165, 1.54) is 6.07 Å². The second kappa shape index (κ2) is 3.10. The van der Waals surface area contributed by atoms with Gasteiger partial charge in [-0.3, -0.25) is 10.1 Å². The van der Waals surface area contributed by atoms with E-state index in [1.807, 2.05) is 0 Å². The summed E-state index contributed by atoms with van der Waals surface area (Å²) in [5, 5.41) is 13.5. The lowest BCUT2D eigenvalue weighted by Gasteiger charge is -2.01. The number of benzene rings is 1. The van der Waals surface area contributed by atoms with Gasteiger partial charge in [-0.25, -0.2) is 0 Å². The normalized spacial score (nSPS) is 18.4. The molecule has 0 bridgehead atoms. The molecule has 0 amide bonds. The van der Waals surface area contributed by atoms with Gasteiger partial charge in [-0.1, -0.05) is 12.1 Å². The third kappa shape index (κ3) is 1.22. The number of aldehydes is 1. The van der Waals surface area contributed by atoms with E-state index in [0.29, 0.717) is 12.1 Å². The molecule has 5 heteroatoms. The number of nitrogens with zero attached hydrogens (tertiary/aromatic N) is 1. The zero-order valence-corrected chi connectivity index (χ0v) is 7.27. The molecule has 5 nitrogen and oxygen atoms in total. The summed E-state index contributed by atoms with van der Waals surface area (Å²) < 4.78 is 0. The Morgan fingerprint density at radius 3 is 3.00 bits per heavy atom. The zero-order valence-electron chi connectivity index (χ0n) is 7.27. The first-order chi connectivity index (χ1) is 6.72. The topological polar surface area (TPSA) is 72.2 Å². The third-order valence-electron chi connectivity index (χ3n) is 2.26. The SMILES string of the molecule is O=CC1Cc2cccc([N+](=O)[O-])c2N1. The van der Waals surface area contributed by atoms with Crippen molar-refractivity contribution in [2.45, 2.75) is 12.5 Å². The molecule has 0 aliphatic carbocycles. The number of nitro benzene ring substituents is 1. The fourth-order valence-electron chi connectivity index (χ4n) is 1.63. The van der Waals surface area contributed by atoms with E-state index in [9.17, 15) is 14.9 Å². The van der Waals surface area contributed by atoms with Gasteiger partial charge >= 0.3 is 0 Å². The van der Waals surface area contributed by atoms with Crippen molar-refractivity contribution in [2.75, 3.05) is 5.32 Å². The number of nitrogens with one attached hydrogen (secondary N) is 1. The van der Waals surface area contributed by atoms with Crippen molar-refractivity contribution < 1.29 is 9.72 Å². The maximum absolute atomic E-state index is 10.6. The molecule has 1 aliphatic rings. The minimum atomic E-state index is -0.445. The van der Waals surface area contributed by atoms with Gasteiger partial charge in [-0.15, -0.1) is 0 Å². The van der Waals surface area contributed by atoms with Crippen LogP contribution in [0.1, 0.15) is 5.56 Å². The third-order valence-corrected chi connectivity index (χ3v) is 2.26. The zero-order chi connectivity index (χ0) is 10.1. The summed E-state index contributed by atoms with van der Waals surface area (Å²) in [5.74, 6) is 0. The van der Waals surface area contributed by atoms with Gasteiger partial charge in [0.1, 0.15) is 12.0 Å². The molecule has 1 aliphatic heterocycles. The maximum Gasteiger partial charge on any atom is 0.292 e. The quantitative estimate of drug-likeness (QED) is 0.433. The summed E-state index contributed by atoms with van der Waals surface area (Å²) in [6, 6.07) is 4.52. The van der Waals surface area contributed by atoms with Crippen LogP contribution in [-0.4, -0.2) is 17.3 Å². The van der Waals surface area contributed by atoms with Crippen molar-refractivity contribution in [1.82, 2.24) is 0 Å². The fourth-order valence-corrected chi connectivity index (χ4v) is 1.63. The van der Waals surface area contributed by atoms with E-state index >= 15 is 0 Å². The van der Waals surface area contributed by atoms with Gasteiger partial charge in [-0.2, -0.15) is 0 Å². The fraction of sp³-hybridized carbons (Fsp3) is 0.222. The number of rotatable bonds is 2. The van der Waals surface area contributed by atoms with Crippen molar-refractivity contribution in [3.05, 3.63) is 33.9 Å². The summed E-state index contributed by atoms with van der Waals surface area (Å²) in [4.78, 5) is 20.7. The van der Waals surface area contributed by atoms with E-state index in [4.69, 9.17) is 0 Å². The van der Waals surface area contributed by atoms with Crippen LogP contribution in [0.4, 0.5) is 11.4 Å². The standard InChI is InChI=1S/C9H8N2O3/c12-5-7-4-6-2-1-3-8(11(13)14)9(6)10-7/h1-3,5,7,10H,4H2. The van der Waals surface area contributed by atoms with Crippen molar-refractivity contribution in [2.24, 2.45) is 0 Å². The van der Waals surface area contributed by atoms with Crippen molar-refractivity contribution in [3.8, 4) is 0 Å². The Balaban J connectivity index is 2.46. The molecule has 0 aromatic heterocycles. The minimum Gasteiger partial charge on any atom is -0.369 e. The summed E-state index contributed by atoms with van der Waals surface area (Å²) in [7, 11) is 0. The lowest BCUT2D eigenvalue weighted by Crippen LogP contribution is -2.16. The lowest BCUT2D eigenvalue weighted by atomic mass is 10.1. The number of anilines is 1. The highest BCUT2D eigenvalue weighted by Crippen LogP contribution is 2.33. The average molecular weight is 192 g/mol. The highest BCUT2D eigenvalue weighted by molar-refractivity contribution is 5.77. The lowest BCUT2D eigenvalue weighted by molar-refractivity contribution is -0.383. The molecular weight excluding hydrogens is 184 g/mol. The van der Waals surface area contributed by atoms with E-state index in [1.54, 1.807) is 12.1 Å². The highest BCUT2D eigenvalue weighted by Gasteiger charge is 2.26. The molecule has 1 aromatic carbocycles. The predicted molar refractivity (Wildman–Crippen MR) is 50.3 cm³/mol. The van der Waals surface area contributed by atoms with E-state index in [0.717, 1.165) is 11.8 Å². The second-order valence-corrected chi connectivity index (χ2v) is 3.16. The van der Waals surface area contributed by atoms with Crippen LogP contribution in [-0.2, 0) is 11.2 Å². The van der Waals surface area contributed by atoms with Gasteiger partial charge < -0.3 is 10.1 Å². The smallest absolute Gasteiger partial charge is 0.292 e. The first kappa shape index (κ1) is 8.68. The number of para-hydroxylation sites is 1. The van der Waals surface area contributed by atoms with Gasteiger partial charge in [0.25, 0.3) is 5.69 Å². The van der Waals surface area contributed by atoms with Crippen LogP contribution in [0.15, 0.2) is 18.2 Å².